The summed E-state index contributed by atoms with van der Waals surface area (Å²) >= 11 is 5.55. The molecule has 2 rings (SSSR count). The first-order valence-electron chi connectivity index (χ1n) is 5.82. The number of nitrogens with zero attached hydrogens (tertiary/aromatic N) is 3. The molecule has 1 heterocycles. The third-order valence-corrected chi connectivity index (χ3v) is 3.11. The number of aromatic nitrogens is 2. The van der Waals surface area contributed by atoms with Crippen LogP contribution >= 0.6 is 11.6 Å². The van der Waals surface area contributed by atoms with Gasteiger partial charge in [-0.1, -0.05) is 11.6 Å². The lowest BCUT2D eigenvalue weighted by Gasteiger charge is -2.08. The fourth-order valence-electron chi connectivity index (χ4n) is 1.78. The molecule has 0 saturated carbocycles. The second kappa shape index (κ2) is 5.87. The zero-order chi connectivity index (χ0) is 14.7. The van der Waals surface area contributed by atoms with Crippen molar-refractivity contribution >= 4 is 23.0 Å². The fraction of sp³-hybridized carbons (Fsp3) is 0.250. The Morgan fingerprint density at radius 3 is 2.90 bits per heavy atom. The lowest BCUT2D eigenvalue weighted by molar-refractivity contribution is -0.384. The molecule has 0 bridgehead atoms. The number of rotatable bonds is 5. The van der Waals surface area contributed by atoms with Crippen LogP contribution in [0.15, 0.2) is 24.5 Å². The molecule has 20 heavy (non-hydrogen) atoms. The number of imidazole rings is 1. The van der Waals surface area contributed by atoms with E-state index in [1.165, 1.54) is 0 Å². The first-order chi connectivity index (χ1) is 9.49. The summed E-state index contributed by atoms with van der Waals surface area (Å²) in [5.74, 6) is 0.131. The minimum absolute atomic E-state index is 0.103. The van der Waals surface area contributed by atoms with Crippen molar-refractivity contribution in [1.82, 2.24) is 9.55 Å². The number of hydrogen-bond acceptors (Lipinski definition) is 4. The average molecular weight is 299 g/mol. The Kier molecular flexibility index (Phi) is 4.19. The van der Waals surface area contributed by atoms with Crippen LogP contribution in [0.25, 0.3) is 0 Å². The van der Waals surface area contributed by atoms with E-state index < -0.39 is 10.7 Å². The van der Waals surface area contributed by atoms with Gasteiger partial charge in [-0.3, -0.25) is 10.1 Å². The molecule has 1 N–H and O–H groups in total. The van der Waals surface area contributed by atoms with Gasteiger partial charge in [0.05, 0.1) is 9.95 Å². The summed E-state index contributed by atoms with van der Waals surface area (Å²) in [6, 6.07) is 2.03. The van der Waals surface area contributed by atoms with E-state index >= 15 is 0 Å². The predicted octanol–water partition coefficient (Wildman–Crippen LogP) is 2.78. The van der Waals surface area contributed by atoms with Crippen LogP contribution in [-0.4, -0.2) is 21.0 Å². The standard InChI is InChI=1S/C12H12ClFN4O2/c1-17-5-4-16-12(17)2-3-15-10-7-9(14)8(13)6-11(10)18(19)20/h4-7,15H,2-3H2,1H3. The van der Waals surface area contributed by atoms with Crippen LogP contribution in [0.4, 0.5) is 15.8 Å². The van der Waals surface area contributed by atoms with E-state index in [-0.39, 0.29) is 16.4 Å². The number of nitro groups is 1. The van der Waals surface area contributed by atoms with Crippen molar-refractivity contribution in [3.8, 4) is 0 Å². The van der Waals surface area contributed by atoms with Gasteiger partial charge in [-0.25, -0.2) is 9.37 Å². The van der Waals surface area contributed by atoms with Gasteiger partial charge in [0.15, 0.2) is 0 Å². The Morgan fingerprint density at radius 2 is 2.30 bits per heavy atom. The van der Waals surface area contributed by atoms with Gasteiger partial charge in [-0.05, 0) is 0 Å². The van der Waals surface area contributed by atoms with E-state index in [0.29, 0.717) is 13.0 Å². The lowest BCUT2D eigenvalue weighted by atomic mass is 10.2. The van der Waals surface area contributed by atoms with Crippen molar-refractivity contribution in [3.05, 3.63) is 51.3 Å². The molecule has 8 heteroatoms. The SMILES string of the molecule is Cn1ccnc1CCNc1cc(F)c(Cl)cc1[N+](=O)[O-]. The molecule has 0 aliphatic heterocycles. The highest BCUT2D eigenvalue weighted by molar-refractivity contribution is 6.31. The third kappa shape index (κ3) is 3.05. The van der Waals surface area contributed by atoms with Crippen LogP contribution in [0.1, 0.15) is 5.82 Å². The Balaban J connectivity index is 2.11. The minimum Gasteiger partial charge on any atom is -0.379 e. The van der Waals surface area contributed by atoms with E-state index in [1.807, 2.05) is 11.6 Å². The van der Waals surface area contributed by atoms with Gasteiger partial charge in [-0.2, -0.15) is 0 Å². The summed E-state index contributed by atoms with van der Waals surface area (Å²) in [5, 5.41) is 13.5. The van der Waals surface area contributed by atoms with Crippen LogP contribution < -0.4 is 5.32 Å². The van der Waals surface area contributed by atoms with Crippen molar-refractivity contribution in [3.63, 3.8) is 0 Å². The molecule has 0 amide bonds. The molecule has 2 aromatic rings. The van der Waals surface area contributed by atoms with Crippen molar-refractivity contribution in [2.24, 2.45) is 7.05 Å². The summed E-state index contributed by atoms with van der Waals surface area (Å²) in [7, 11) is 1.85. The second-order valence-electron chi connectivity index (χ2n) is 4.17. The van der Waals surface area contributed by atoms with Crippen LogP contribution in [-0.2, 0) is 13.5 Å². The van der Waals surface area contributed by atoms with Gasteiger partial charge >= 0.3 is 0 Å². The topological polar surface area (TPSA) is 73.0 Å². The molecular weight excluding hydrogens is 287 g/mol. The molecular formula is C12H12ClFN4O2. The Morgan fingerprint density at radius 1 is 1.55 bits per heavy atom. The van der Waals surface area contributed by atoms with Crippen molar-refractivity contribution in [1.29, 1.82) is 0 Å². The fourth-order valence-corrected chi connectivity index (χ4v) is 1.93. The molecule has 0 radical (unpaired) electrons. The summed E-state index contributed by atoms with van der Waals surface area (Å²) in [6.45, 7) is 0.396. The molecule has 6 nitrogen and oxygen atoms in total. The third-order valence-electron chi connectivity index (χ3n) is 2.82. The maximum Gasteiger partial charge on any atom is 0.294 e. The summed E-state index contributed by atoms with van der Waals surface area (Å²) in [6.07, 6.45) is 4.03. The molecule has 1 aromatic heterocycles. The predicted molar refractivity (Wildman–Crippen MR) is 73.5 cm³/mol. The molecule has 0 atom stereocenters. The smallest absolute Gasteiger partial charge is 0.294 e. The number of benzene rings is 1. The van der Waals surface area contributed by atoms with Crippen LogP contribution in [0.5, 0.6) is 0 Å². The van der Waals surface area contributed by atoms with Crippen LogP contribution in [0.3, 0.4) is 0 Å². The molecule has 0 spiro atoms. The second-order valence-corrected chi connectivity index (χ2v) is 4.58. The molecule has 0 aliphatic rings. The van der Waals surface area contributed by atoms with E-state index in [9.17, 15) is 14.5 Å². The highest BCUT2D eigenvalue weighted by Gasteiger charge is 2.17. The Hall–Kier alpha value is -2.15. The van der Waals surface area contributed by atoms with Crippen molar-refractivity contribution in [2.45, 2.75) is 6.42 Å². The van der Waals surface area contributed by atoms with E-state index in [1.54, 1.807) is 12.4 Å². The first-order valence-corrected chi connectivity index (χ1v) is 6.20. The lowest BCUT2D eigenvalue weighted by Crippen LogP contribution is -2.10. The number of nitro benzene ring substituents is 1. The number of nitrogens with one attached hydrogen (secondary N) is 1. The van der Waals surface area contributed by atoms with Gasteiger partial charge in [0.2, 0.25) is 0 Å². The van der Waals surface area contributed by atoms with Crippen molar-refractivity contribution < 1.29 is 9.31 Å². The minimum atomic E-state index is -0.697. The van der Waals surface area contributed by atoms with Crippen LogP contribution in [0.2, 0.25) is 5.02 Å². The molecule has 0 aliphatic carbocycles. The van der Waals surface area contributed by atoms with E-state index in [0.717, 1.165) is 18.0 Å². The summed E-state index contributed by atoms with van der Waals surface area (Å²) in [5.41, 5.74) is -0.151. The quantitative estimate of drug-likeness (QED) is 0.680. The highest BCUT2D eigenvalue weighted by atomic mass is 35.5. The Bertz CT molecular complexity index is 644. The first kappa shape index (κ1) is 14.3. The monoisotopic (exact) mass is 298 g/mol. The zero-order valence-corrected chi connectivity index (χ0v) is 11.4. The van der Waals surface area contributed by atoms with Gasteiger partial charge < -0.3 is 9.88 Å². The van der Waals surface area contributed by atoms with Crippen LogP contribution in [0, 0.1) is 15.9 Å². The van der Waals surface area contributed by atoms with Gasteiger partial charge in [0.1, 0.15) is 17.3 Å². The number of aryl methyl sites for hydroxylation is 1. The molecule has 0 unspecified atom stereocenters. The van der Waals surface area contributed by atoms with E-state index in [2.05, 4.69) is 10.3 Å². The molecule has 0 fully saturated rings. The van der Waals surface area contributed by atoms with Crippen molar-refractivity contribution in [2.75, 3.05) is 11.9 Å². The normalized spacial score (nSPS) is 10.6. The van der Waals surface area contributed by atoms with Gasteiger partial charge in [0.25, 0.3) is 5.69 Å². The zero-order valence-electron chi connectivity index (χ0n) is 10.6. The number of anilines is 1. The number of hydrogen-bond donors (Lipinski definition) is 1. The highest BCUT2D eigenvalue weighted by Crippen LogP contribution is 2.30. The number of halogens is 2. The summed E-state index contributed by atoms with van der Waals surface area (Å²) < 4.78 is 15.2. The maximum absolute atomic E-state index is 13.4. The van der Waals surface area contributed by atoms with Gasteiger partial charge in [-0.15, -0.1) is 0 Å². The Labute approximate surface area is 119 Å². The van der Waals surface area contributed by atoms with Gasteiger partial charge in [0, 0.05) is 44.5 Å². The summed E-state index contributed by atoms with van der Waals surface area (Å²) in [4.78, 5) is 14.4. The maximum atomic E-state index is 13.4. The molecule has 1 aromatic carbocycles. The van der Waals surface area contributed by atoms with E-state index in [4.69, 9.17) is 11.6 Å². The average Bonchev–Trinajstić information content (AvgIpc) is 2.79. The molecule has 106 valence electrons. The largest absolute Gasteiger partial charge is 0.379 e. The molecule has 0 saturated heterocycles.